The van der Waals surface area contributed by atoms with Crippen molar-refractivity contribution in [3.05, 3.63) is 18.0 Å². The standard InChI is InChI=1S/C14H21ClN2O3S/c1-9(2)17-8-12(21(15,19)20)7-13(17)14(18)16-10(3)11-5-4-6-11/h7-11H,4-6H2,1-3H3,(H,16,18). The molecule has 5 nitrogen and oxygen atoms in total. The van der Waals surface area contributed by atoms with Crippen LogP contribution in [0.1, 0.15) is 56.6 Å². The zero-order valence-electron chi connectivity index (χ0n) is 12.5. The fraction of sp³-hybridized carbons (Fsp3) is 0.643. The Labute approximate surface area is 130 Å². The van der Waals surface area contributed by atoms with Crippen LogP contribution in [0.2, 0.25) is 0 Å². The molecule has 0 bridgehead atoms. The van der Waals surface area contributed by atoms with Crippen LogP contribution in [0.15, 0.2) is 17.2 Å². The highest BCUT2D eigenvalue weighted by atomic mass is 35.7. The van der Waals surface area contributed by atoms with Gasteiger partial charge in [0.25, 0.3) is 15.0 Å². The van der Waals surface area contributed by atoms with Crippen LogP contribution in [0.25, 0.3) is 0 Å². The average molecular weight is 333 g/mol. The summed E-state index contributed by atoms with van der Waals surface area (Å²) in [4.78, 5) is 12.4. The fourth-order valence-electron chi connectivity index (χ4n) is 2.53. The summed E-state index contributed by atoms with van der Waals surface area (Å²) in [6.45, 7) is 5.76. The summed E-state index contributed by atoms with van der Waals surface area (Å²) in [6.07, 6.45) is 4.89. The van der Waals surface area contributed by atoms with Gasteiger partial charge in [-0.2, -0.15) is 0 Å². The number of halogens is 1. The number of hydrogen-bond donors (Lipinski definition) is 1. The first kappa shape index (κ1) is 16.4. The molecule has 1 atom stereocenters. The summed E-state index contributed by atoms with van der Waals surface area (Å²) in [6, 6.07) is 1.40. The van der Waals surface area contributed by atoms with Gasteiger partial charge in [0.05, 0.1) is 0 Å². The third-order valence-electron chi connectivity index (χ3n) is 4.11. The van der Waals surface area contributed by atoms with Crippen LogP contribution in [0.3, 0.4) is 0 Å². The molecule has 21 heavy (non-hydrogen) atoms. The van der Waals surface area contributed by atoms with Gasteiger partial charge in [0, 0.05) is 29.0 Å². The van der Waals surface area contributed by atoms with E-state index in [1.807, 2.05) is 20.8 Å². The normalized spacial score (nSPS) is 17.6. The van der Waals surface area contributed by atoms with Crippen LogP contribution in [0.5, 0.6) is 0 Å². The highest BCUT2D eigenvalue weighted by Crippen LogP contribution is 2.29. The maximum absolute atomic E-state index is 12.4. The molecule has 0 radical (unpaired) electrons. The summed E-state index contributed by atoms with van der Waals surface area (Å²) >= 11 is 0. The van der Waals surface area contributed by atoms with Crippen molar-refractivity contribution in [1.29, 1.82) is 0 Å². The van der Waals surface area contributed by atoms with Crippen molar-refractivity contribution in [3.63, 3.8) is 0 Å². The van der Waals surface area contributed by atoms with E-state index in [2.05, 4.69) is 5.32 Å². The number of rotatable bonds is 5. The van der Waals surface area contributed by atoms with Crippen molar-refractivity contribution in [2.75, 3.05) is 0 Å². The van der Waals surface area contributed by atoms with Crippen molar-refractivity contribution in [3.8, 4) is 0 Å². The molecule has 1 fully saturated rings. The fourth-order valence-corrected chi connectivity index (χ4v) is 3.28. The van der Waals surface area contributed by atoms with Gasteiger partial charge in [0.15, 0.2) is 0 Å². The van der Waals surface area contributed by atoms with E-state index in [1.54, 1.807) is 4.57 Å². The molecule has 1 saturated carbocycles. The zero-order valence-corrected chi connectivity index (χ0v) is 14.0. The Kier molecular flexibility index (Phi) is 4.68. The lowest BCUT2D eigenvalue weighted by Crippen LogP contribution is -2.41. The predicted octanol–water partition coefficient (Wildman–Crippen LogP) is 2.91. The lowest BCUT2D eigenvalue weighted by atomic mass is 9.80. The summed E-state index contributed by atoms with van der Waals surface area (Å²) < 4.78 is 24.5. The van der Waals surface area contributed by atoms with Crippen LogP contribution in [-0.4, -0.2) is 24.9 Å². The second-order valence-electron chi connectivity index (χ2n) is 5.95. The maximum atomic E-state index is 12.4. The van der Waals surface area contributed by atoms with E-state index in [9.17, 15) is 13.2 Å². The Hall–Kier alpha value is -1.01. The molecule has 1 aliphatic rings. The largest absolute Gasteiger partial charge is 0.348 e. The number of amides is 1. The summed E-state index contributed by atoms with van der Waals surface area (Å²) in [5.41, 5.74) is 0.329. The first-order chi connectivity index (χ1) is 9.70. The van der Waals surface area contributed by atoms with Gasteiger partial charge in [0.1, 0.15) is 10.6 Å². The molecule has 1 amide bonds. The van der Waals surface area contributed by atoms with Crippen LogP contribution in [0, 0.1) is 5.92 Å². The van der Waals surface area contributed by atoms with Crippen LogP contribution in [-0.2, 0) is 9.05 Å². The first-order valence-electron chi connectivity index (χ1n) is 7.17. The van der Waals surface area contributed by atoms with Crippen LogP contribution < -0.4 is 5.32 Å². The maximum Gasteiger partial charge on any atom is 0.268 e. The smallest absolute Gasteiger partial charge is 0.268 e. The molecule has 1 aromatic heterocycles. The lowest BCUT2D eigenvalue weighted by molar-refractivity contribution is 0.0898. The Bertz CT molecular complexity index is 633. The molecule has 2 rings (SSSR count). The molecule has 118 valence electrons. The number of carbonyl (C=O) groups is 1. The van der Waals surface area contributed by atoms with Gasteiger partial charge >= 0.3 is 0 Å². The summed E-state index contributed by atoms with van der Waals surface area (Å²) in [5.74, 6) is 0.266. The molecule has 0 spiro atoms. The van der Waals surface area contributed by atoms with E-state index < -0.39 is 9.05 Å². The van der Waals surface area contributed by atoms with E-state index in [4.69, 9.17) is 10.7 Å². The van der Waals surface area contributed by atoms with Gasteiger partial charge < -0.3 is 9.88 Å². The minimum Gasteiger partial charge on any atom is -0.348 e. The Morgan fingerprint density at radius 1 is 1.38 bits per heavy atom. The van der Waals surface area contributed by atoms with E-state index >= 15 is 0 Å². The molecule has 0 aromatic carbocycles. The minimum atomic E-state index is -3.84. The first-order valence-corrected chi connectivity index (χ1v) is 9.48. The van der Waals surface area contributed by atoms with E-state index in [0.717, 1.165) is 12.8 Å². The van der Waals surface area contributed by atoms with Gasteiger partial charge in [-0.3, -0.25) is 4.79 Å². The Balaban J connectivity index is 2.24. The van der Waals surface area contributed by atoms with Gasteiger partial charge in [-0.25, -0.2) is 8.42 Å². The third kappa shape index (κ3) is 3.61. The molecular formula is C14H21ClN2O3S. The SMILES string of the molecule is CC(NC(=O)c1cc(S(=O)(=O)Cl)cn1C(C)C)C1CCC1. The predicted molar refractivity (Wildman–Crippen MR) is 82.1 cm³/mol. The Morgan fingerprint density at radius 2 is 2.00 bits per heavy atom. The number of nitrogens with zero attached hydrogens (tertiary/aromatic N) is 1. The number of aromatic nitrogens is 1. The second kappa shape index (κ2) is 6.01. The minimum absolute atomic E-state index is 0.0306. The molecule has 0 saturated heterocycles. The molecule has 1 aromatic rings. The number of hydrogen-bond acceptors (Lipinski definition) is 3. The van der Waals surface area contributed by atoms with Gasteiger partial charge in [-0.15, -0.1) is 0 Å². The molecule has 1 aliphatic carbocycles. The van der Waals surface area contributed by atoms with Gasteiger partial charge in [0.2, 0.25) is 0 Å². The monoisotopic (exact) mass is 332 g/mol. The van der Waals surface area contributed by atoms with E-state index in [1.165, 1.54) is 18.7 Å². The van der Waals surface area contributed by atoms with Gasteiger partial charge in [-0.05, 0) is 45.6 Å². The molecule has 1 unspecified atom stereocenters. The topological polar surface area (TPSA) is 68.2 Å². The molecule has 1 heterocycles. The Morgan fingerprint density at radius 3 is 2.43 bits per heavy atom. The van der Waals surface area contributed by atoms with E-state index in [0.29, 0.717) is 11.6 Å². The summed E-state index contributed by atoms with van der Waals surface area (Å²) in [5, 5.41) is 2.96. The summed E-state index contributed by atoms with van der Waals surface area (Å²) in [7, 11) is 1.53. The van der Waals surface area contributed by atoms with Crippen LogP contribution >= 0.6 is 10.7 Å². The van der Waals surface area contributed by atoms with E-state index in [-0.39, 0.29) is 22.9 Å². The van der Waals surface area contributed by atoms with Crippen molar-refractivity contribution < 1.29 is 13.2 Å². The molecular weight excluding hydrogens is 312 g/mol. The number of nitrogens with one attached hydrogen (secondary N) is 1. The zero-order chi connectivity index (χ0) is 15.8. The molecule has 7 heteroatoms. The lowest BCUT2D eigenvalue weighted by Gasteiger charge is -2.32. The molecule has 0 aliphatic heterocycles. The average Bonchev–Trinajstić information content (AvgIpc) is 2.70. The second-order valence-corrected chi connectivity index (χ2v) is 8.52. The van der Waals surface area contributed by atoms with Crippen molar-refractivity contribution in [2.24, 2.45) is 5.92 Å². The van der Waals surface area contributed by atoms with Crippen molar-refractivity contribution >= 4 is 25.6 Å². The van der Waals surface area contributed by atoms with Crippen molar-refractivity contribution in [1.82, 2.24) is 9.88 Å². The quantitative estimate of drug-likeness (QED) is 0.843. The molecule has 1 N–H and O–H groups in total. The van der Waals surface area contributed by atoms with Crippen molar-refractivity contribution in [2.45, 2.75) is 57.0 Å². The van der Waals surface area contributed by atoms with Crippen LogP contribution in [0.4, 0.5) is 0 Å². The number of carbonyl (C=O) groups excluding carboxylic acids is 1. The highest BCUT2D eigenvalue weighted by molar-refractivity contribution is 8.13. The van der Waals surface area contributed by atoms with Gasteiger partial charge in [-0.1, -0.05) is 6.42 Å². The highest BCUT2D eigenvalue weighted by Gasteiger charge is 2.27. The third-order valence-corrected chi connectivity index (χ3v) is 5.43.